The van der Waals surface area contributed by atoms with Crippen LogP contribution in [0.15, 0.2) is 39.6 Å². The quantitative estimate of drug-likeness (QED) is 0.788. The van der Waals surface area contributed by atoms with Crippen LogP contribution >= 0.6 is 15.9 Å². The van der Waals surface area contributed by atoms with E-state index >= 15 is 0 Å². The fourth-order valence-electron chi connectivity index (χ4n) is 2.06. The van der Waals surface area contributed by atoms with Crippen molar-refractivity contribution in [2.24, 2.45) is 0 Å². The second-order valence-electron chi connectivity index (χ2n) is 4.24. The summed E-state index contributed by atoms with van der Waals surface area (Å²) in [5.74, 6) is 0. The van der Waals surface area contributed by atoms with E-state index in [1.807, 2.05) is 19.9 Å². The summed E-state index contributed by atoms with van der Waals surface area (Å²) >= 11 is 3.48. The van der Waals surface area contributed by atoms with Crippen molar-refractivity contribution in [3.8, 4) is 5.69 Å². The van der Waals surface area contributed by atoms with E-state index in [9.17, 15) is 4.79 Å². The minimum atomic E-state index is 0.0592. The molecule has 1 aromatic carbocycles. The Morgan fingerprint density at radius 1 is 1.00 bits per heavy atom. The molecular formula is C14H14BrNO. The highest BCUT2D eigenvalue weighted by atomic mass is 79.9. The number of nitrogens with zero attached hydrogens (tertiary/aromatic N) is 1. The molecule has 2 nitrogen and oxygen atoms in total. The summed E-state index contributed by atoms with van der Waals surface area (Å²) in [6.45, 7) is 5.97. The molecule has 0 unspecified atom stereocenters. The summed E-state index contributed by atoms with van der Waals surface area (Å²) in [4.78, 5) is 11.4. The van der Waals surface area contributed by atoms with Crippen molar-refractivity contribution in [3.63, 3.8) is 0 Å². The average molecular weight is 292 g/mol. The molecule has 0 aliphatic heterocycles. The van der Waals surface area contributed by atoms with Crippen LogP contribution in [0.5, 0.6) is 0 Å². The number of aryl methyl sites for hydroxylation is 3. The number of aromatic nitrogens is 1. The molecule has 0 atom stereocenters. The van der Waals surface area contributed by atoms with Crippen LogP contribution in [0, 0.1) is 20.8 Å². The van der Waals surface area contributed by atoms with Crippen LogP contribution in [-0.2, 0) is 0 Å². The van der Waals surface area contributed by atoms with Gasteiger partial charge in [0, 0.05) is 33.7 Å². The summed E-state index contributed by atoms with van der Waals surface area (Å²) in [6, 6.07) is 9.48. The van der Waals surface area contributed by atoms with Crippen LogP contribution < -0.4 is 5.43 Å². The van der Waals surface area contributed by atoms with E-state index in [1.54, 1.807) is 12.1 Å². The lowest BCUT2D eigenvalue weighted by molar-refractivity contribution is 0.913. The molecule has 0 amide bonds. The molecule has 3 heteroatoms. The highest BCUT2D eigenvalue weighted by Gasteiger charge is 2.07. The molecule has 1 aromatic heterocycles. The van der Waals surface area contributed by atoms with E-state index in [0.717, 1.165) is 21.5 Å². The summed E-state index contributed by atoms with van der Waals surface area (Å²) in [7, 11) is 0. The van der Waals surface area contributed by atoms with E-state index in [1.165, 1.54) is 5.56 Å². The minimum Gasteiger partial charge on any atom is -0.318 e. The van der Waals surface area contributed by atoms with Crippen molar-refractivity contribution >= 4 is 15.9 Å². The molecule has 0 N–H and O–H groups in total. The summed E-state index contributed by atoms with van der Waals surface area (Å²) < 4.78 is 3.14. The van der Waals surface area contributed by atoms with Crippen LogP contribution in [0.2, 0.25) is 0 Å². The largest absolute Gasteiger partial charge is 0.318 e. The molecule has 0 fully saturated rings. The number of hydrogen-bond donors (Lipinski definition) is 0. The molecule has 2 rings (SSSR count). The highest BCUT2D eigenvalue weighted by molar-refractivity contribution is 9.10. The minimum absolute atomic E-state index is 0.0592. The molecule has 0 saturated heterocycles. The first-order valence-corrected chi connectivity index (χ1v) is 6.25. The lowest BCUT2D eigenvalue weighted by Gasteiger charge is -2.16. The molecule has 0 radical (unpaired) electrons. The van der Waals surface area contributed by atoms with Crippen LogP contribution in [0.1, 0.15) is 17.0 Å². The van der Waals surface area contributed by atoms with Crippen LogP contribution in [0.25, 0.3) is 5.69 Å². The van der Waals surface area contributed by atoms with Gasteiger partial charge in [-0.1, -0.05) is 22.0 Å². The Kier molecular flexibility index (Phi) is 3.20. The van der Waals surface area contributed by atoms with Gasteiger partial charge in [-0.2, -0.15) is 0 Å². The summed E-state index contributed by atoms with van der Waals surface area (Å²) in [6.07, 6.45) is 0. The van der Waals surface area contributed by atoms with E-state index in [4.69, 9.17) is 0 Å². The van der Waals surface area contributed by atoms with Crippen molar-refractivity contribution in [1.82, 2.24) is 4.57 Å². The Hall–Kier alpha value is -1.35. The maximum Gasteiger partial charge on any atom is 0.182 e. The lowest BCUT2D eigenvalue weighted by Crippen LogP contribution is -2.12. The molecule has 0 saturated carbocycles. The Morgan fingerprint density at radius 2 is 1.59 bits per heavy atom. The van der Waals surface area contributed by atoms with Gasteiger partial charge in [-0.05, 0) is 38.5 Å². The van der Waals surface area contributed by atoms with Gasteiger partial charge in [0.05, 0.1) is 0 Å². The summed E-state index contributed by atoms with van der Waals surface area (Å²) in [5.41, 5.74) is 4.26. The molecule has 0 aliphatic rings. The lowest BCUT2D eigenvalue weighted by atomic mass is 10.1. The van der Waals surface area contributed by atoms with Crippen molar-refractivity contribution < 1.29 is 0 Å². The molecule has 0 spiro atoms. The highest BCUT2D eigenvalue weighted by Crippen LogP contribution is 2.22. The Bertz CT molecular complexity index is 602. The van der Waals surface area contributed by atoms with E-state index in [-0.39, 0.29) is 5.43 Å². The standard InChI is InChI=1S/C14H14BrNO/c1-9-4-5-12(15)8-14(9)16-10(2)6-13(17)7-11(16)3/h4-8H,1-3H3. The predicted molar refractivity (Wildman–Crippen MR) is 74.0 cm³/mol. The van der Waals surface area contributed by atoms with Crippen LogP contribution in [-0.4, -0.2) is 4.57 Å². The predicted octanol–water partition coefficient (Wildman–Crippen LogP) is 3.53. The number of rotatable bonds is 1. The monoisotopic (exact) mass is 291 g/mol. The summed E-state index contributed by atoms with van der Waals surface area (Å²) in [5, 5.41) is 0. The molecule has 17 heavy (non-hydrogen) atoms. The number of hydrogen-bond acceptors (Lipinski definition) is 1. The zero-order valence-electron chi connectivity index (χ0n) is 10.1. The third-order valence-electron chi connectivity index (χ3n) is 2.82. The molecule has 0 aliphatic carbocycles. The maximum atomic E-state index is 11.4. The van der Waals surface area contributed by atoms with Gasteiger partial charge >= 0.3 is 0 Å². The van der Waals surface area contributed by atoms with E-state index in [0.29, 0.717) is 0 Å². The zero-order valence-corrected chi connectivity index (χ0v) is 11.7. The maximum absolute atomic E-state index is 11.4. The third-order valence-corrected chi connectivity index (χ3v) is 3.31. The zero-order chi connectivity index (χ0) is 12.6. The van der Waals surface area contributed by atoms with Crippen LogP contribution in [0.4, 0.5) is 0 Å². The SMILES string of the molecule is Cc1ccc(Br)cc1-n1c(C)cc(=O)cc1C. The van der Waals surface area contributed by atoms with Crippen LogP contribution in [0.3, 0.4) is 0 Å². The molecular weight excluding hydrogens is 278 g/mol. The van der Waals surface area contributed by atoms with Crippen molar-refractivity contribution in [2.45, 2.75) is 20.8 Å². The number of benzene rings is 1. The van der Waals surface area contributed by atoms with Crippen molar-refractivity contribution in [3.05, 3.63) is 62.0 Å². The van der Waals surface area contributed by atoms with Gasteiger partial charge in [-0.3, -0.25) is 4.79 Å². The van der Waals surface area contributed by atoms with Gasteiger partial charge in [0.25, 0.3) is 0 Å². The van der Waals surface area contributed by atoms with Gasteiger partial charge < -0.3 is 4.57 Å². The Labute approximate surface area is 109 Å². The second-order valence-corrected chi connectivity index (χ2v) is 5.16. The van der Waals surface area contributed by atoms with Gasteiger partial charge in [0.1, 0.15) is 0 Å². The third kappa shape index (κ3) is 2.34. The average Bonchev–Trinajstić information content (AvgIpc) is 2.21. The van der Waals surface area contributed by atoms with Crippen molar-refractivity contribution in [1.29, 1.82) is 0 Å². The van der Waals surface area contributed by atoms with Gasteiger partial charge in [-0.25, -0.2) is 0 Å². The normalized spacial score (nSPS) is 10.6. The smallest absolute Gasteiger partial charge is 0.182 e. The second kappa shape index (κ2) is 4.49. The first-order valence-electron chi connectivity index (χ1n) is 5.46. The number of halogens is 1. The first-order chi connectivity index (χ1) is 7.99. The van der Waals surface area contributed by atoms with Gasteiger partial charge in [0.2, 0.25) is 0 Å². The Balaban J connectivity index is 2.77. The first kappa shape index (κ1) is 12.1. The topological polar surface area (TPSA) is 22.0 Å². The fraction of sp³-hybridized carbons (Fsp3) is 0.214. The van der Waals surface area contributed by atoms with E-state index in [2.05, 4.69) is 39.6 Å². The Morgan fingerprint density at radius 3 is 2.18 bits per heavy atom. The fourth-order valence-corrected chi connectivity index (χ4v) is 2.41. The van der Waals surface area contributed by atoms with Crippen molar-refractivity contribution in [2.75, 3.05) is 0 Å². The van der Waals surface area contributed by atoms with E-state index < -0.39 is 0 Å². The number of pyridine rings is 1. The molecule has 2 aromatic rings. The molecule has 1 heterocycles. The van der Waals surface area contributed by atoms with Gasteiger partial charge in [0.15, 0.2) is 5.43 Å². The molecule has 0 bridgehead atoms. The molecule has 88 valence electrons. The van der Waals surface area contributed by atoms with Gasteiger partial charge in [-0.15, -0.1) is 0 Å².